The van der Waals surface area contributed by atoms with Crippen LogP contribution in [0, 0.1) is 0 Å². The van der Waals surface area contributed by atoms with Crippen molar-refractivity contribution in [3.05, 3.63) is 60.3 Å². The minimum atomic E-state index is -0.00823. The maximum absolute atomic E-state index is 12.7. The molecule has 0 bridgehead atoms. The van der Waals surface area contributed by atoms with Gasteiger partial charge in [0, 0.05) is 29.4 Å². The van der Waals surface area contributed by atoms with Crippen molar-refractivity contribution in [2.75, 3.05) is 20.1 Å². The maximum atomic E-state index is 12.7. The van der Waals surface area contributed by atoms with Gasteiger partial charge in [0.25, 0.3) is 0 Å². The molecular weight excluding hydrogens is 414 g/mol. The minimum absolute atomic E-state index is 0.00823. The summed E-state index contributed by atoms with van der Waals surface area (Å²) < 4.78 is 3.90. The van der Waals surface area contributed by atoms with E-state index in [9.17, 15) is 4.79 Å². The second kappa shape index (κ2) is 8.86. The highest BCUT2D eigenvalue weighted by Crippen LogP contribution is 2.27. The molecule has 8 heteroatoms. The molecule has 1 aromatic carbocycles. The molecule has 1 aliphatic rings. The van der Waals surface area contributed by atoms with E-state index in [-0.39, 0.29) is 18.2 Å². The van der Waals surface area contributed by atoms with Crippen LogP contribution >= 0.6 is 0 Å². The average molecular weight is 444 g/mol. The number of benzene rings is 1. The molecule has 1 saturated heterocycles. The number of fused-ring (bicyclic) bond motifs is 1. The van der Waals surface area contributed by atoms with Gasteiger partial charge >= 0.3 is 0 Å². The molecule has 33 heavy (non-hydrogen) atoms. The molecule has 0 N–H and O–H groups in total. The van der Waals surface area contributed by atoms with E-state index in [1.165, 1.54) is 0 Å². The van der Waals surface area contributed by atoms with Crippen molar-refractivity contribution in [2.24, 2.45) is 0 Å². The third kappa shape index (κ3) is 4.57. The molecule has 0 saturated carbocycles. The molecule has 1 fully saturated rings. The van der Waals surface area contributed by atoms with Gasteiger partial charge in [0.2, 0.25) is 0 Å². The Kier molecular flexibility index (Phi) is 5.76. The fraction of sp³-hybridized carbons (Fsp3) is 0.400. The van der Waals surface area contributed by atoms with E-state index in [1.54, 1.807) is 17.1 Å². The van der Waals surface area contributed by atoms with Crippen molar-refractivity contribution in [3.63, 3.8) is 0 Å². The van der Waals surface area contributed by atoms with E-state index in [1.807, 2.05) is 32.2 Å². The number of hydrogen-bond donors (Lipinski definition) is 0. The molecule has 0 radical (unpaired) electrons. The van der Waals surface area contributed by atoms with Crippen molar-refractivity contribution in [3.8, 4) is 11.1 Å². The summed E-state index contributed by atoms with van der Waals surface area (Å²) in [5.41, 5.74) is 4.24. The molecule has 4 heterocycles. The summed E-state index contributed by atoms with van der Waals surface area (Å²) in [7, 11) is 2.17. The van der Waals surface area contributed by atoms with Gasteiger partial charge in [0.05, 0.1) is 41.6 Å². The number of carbonyl (C=O) groups excluding carboxylic acids is 1. The van der Waals surface area contributed by atoms with Crippen LogP contribution in [0.4, 0.5) is 0 Å². The largest absolute Gasteiger partial charge is 0.306 e. The Balaban J connectivity index is 1.35. The first-order chi connectivity index (χ1) is 16.0. The summed E-state index contributed by atoms with van der Waals surface area (Å²) in [4.78, 5) is 15.1. The number of ketones is 1. The van der Waals surface area contributed by atoms with Crippen LogP contribution in [0.5, 0.6) is 0 Å². The summed E-state index contributed by atoms with van der Waals surface area (Å²) in [6.07, 6.45) is 9.94. The van der Waals surface area contributed by atoms with Crippen molar-refractivity contribution >= 4 is 16.7 Å². The Labute approximate surface area is 193 Å². The molecule has 3 aromatic heterocycles. The Morgan fingerprint density at radius 3 is 2.61 bits per heavy atom. The van der Waals surface area contributed by atoms with E-state index in [0.29, 0.717) is 17.3 Å². The van der Waals surface area contributed by atoms with Gasteiger partial charge in [-0.3, -0.25) is 14.2 Å². The molecular formula is C25H29N7O. The zero-order valence-corrected chi connectivity index (χ0v) is 19.3. The number of aromatic nitrogens is 6. The first kappa shape index (κ1) is 21.5. The number of hydrogen-bond acceptors (Lipinski definition) is 6. The standard InChI is InChI=1S/C25H29N7O/c1-17(2)31-16-21(14-26-31)25(33)12-22-11-19-10-18(4-5-24(19)29-28-22)20-13-27-32(15-20)23-6-8-30(3)9-7-23/h4-5,10-11,13-17,23H,6-9,12H2,1-3H3. The number of nitrogens with zero attached hydrogens (tertiary/aromatic N) is 7. The Morgan fingerprint density at radius 1 is 1.03 bits per heavy atom. The first-order valence-electron chi connectivity index (χ1n) is 11.5. The van der Waals surface area contributed by atoms with Gasteiger partial charge < -0.3 is 4.90 Å². The summed E-state index contributed by atoms with van der Waals surface area (Å²) in [5, 5.41) is 18.5. The molecule has 8 nitrogen and oxygen atoms in total. The van der Waals surface area contributed by atoms with Crippen molar-refractivity contribution in [2.45, 2.75) is 45.2 Å². The molecule has 4 aromatic rings. The Bertz CT molecular complexity index is 1280. The third-order valence-corrected chi connectivity index (χ3v) is 6.43. The summed E-state index contributed by atoms with van der Waals surface area (Å²) in [6.45, 7) is 6.28. The van der Waals surface area contributed by atoms with Gasteiger partial charge in [-0.2, -0.15) is 20.4 Å². The highest BCUT2D eigenvalue weighted by Gasteiger charge is 2.19. The predicted octanol–water partition coefficient (Wildman–Crippen LogP) is 3.96. The van der Waals surface area contributed by atoms with Crippen LogP contribution in [0.1, 0.15) is 54.8 Å². The van der Waals surface area contributed by atoms with Crippen LogP contribution in [0.3, 0.4) is 0 Å². The summed E-state index contributed by atoms with van der Waals surface area (Å²) in [5.74, 6) is -0.00823. The predicted molar refractivity (Wildman–Crippen MR) is 127 cm³/mol. The summed E-state index contributed by atoms with van der Waals surface area (Å²) in [6, 6.07) is 8.76. The highest BCUT2D eigenvalue weighted by atomic mass is 16.1. The maximum Gasteiger partial charge on any atom is 0.172 e. The number of rotatable bonds is 6. The number of Topliss-reactive ketones (excluding diaryl/α,β-unsaturated/α-hetero) is 1. The topological polar surface area (TPSA) is 81.7 Å². The van der Waals surface area contributed by atoms with E-state index in [2.05, 4.69) is 55.4 Å². The molecule has 0 spiro atoms. The molecule has 1 aliphatic heterocycles. The summed E-state index contributed by atoms with van der Waals surface area (Å²) >= 11 is 0. The molecule has 170 valence electrons. The fourth-order valence-corrected chi connectivity index (χ4v) is 4.33. The molecule has 0 unspecified atom stereocenters. The lowest BCUT2D eigenvalue weighted by atomic mass is 10.0. The molecule has 0 atom stereocenters. The zero-order chi connectivity index (χ0) is 22.9. The number of piperidine rings is 1. The van der Waals surface area contributed by atoms with Gasteiger partial charge in [-0.15, -0.1) is 0 Å². The van der Waals surface area contributed by atoms with E-state index in [4.69, 9.17) is 0 Å². The minimum Gasteiger partial charge on any atom is -0.306 e. The lowest BCUT2D eigenvalue weighted by Crippen LogP contribution is -2.31. The molecule has 0 aliphatic carbocycles. The van der Waals surface area contributed by atoms with Crippen LogP contribution in [0.25, 0.3) is 22.0 Å². The van der Waals surface area contributed by atoms with Crippen LogP contribution in [-0.2, 0) is 6.42 Å². The smallest absolute Gasteiger partial charge is 0.172 e. The SMILES string of the molecule is CC(C)n1cc(C(=O)Cc2cc3cc(-c4cnn(C5CCN(C)CC5)c4)ccc3nn2)cn1. The van der Waals surface area contributed by atoms with Crippen molar-refractivity contribution in [1.82, 2.24) is 34.7 Å². The van der Waals surface area contributed by atoms with Gasteiger partial charge in [-0.25, -0.2) is 0 Å². The van der Waals surface area contributed by atoms with Crippen LogP contribution in [0.15, 0.2) is 49.1 Å². The monoisotopic (exact) mass is 443 g/mol. The number of likely N-dealkylation sites (tertiary alicyclic amines) is 1. The second-order valence-electron chi connectivity index (χ2n) is 9.26. The van der Waals surface area contributed by atoms with Crippen LogP contribution in [0.2, 0.25) is 0 Å². The van der Waals surface area contributed by atoms with Gasteiger partial charge in [-0.1, -0.05) is 6.07 Å². The normalized spacial score (nSPS) is 15.5. The Hall–Kier alpha value is -3.39. The van der Waals surface area contributed by atoms with Crippen molar-refractivity contribution in [1.29, 1.82) is 0 Å². The lowest BCUT2D eigenvalue weighted by Gasteiger charge is -2.28. The second-order valence-corrected chi connectivity index (χ2v) is 9.26. The zero-order valence-electron chi connectivity index (χ0n) is 19.3. The van der Waals surface area contributed by atoms with E-state index >= 15 is 0 Å². The highest BCUT2D eigenvalue weighted by molar-refractivity contribution is 5.97. The molecule has 5 rings (SSSR count). The average Bonchev–Trinajstić information content (AvgIpc) is 3.50. The van der Waals surface area contributed by atoms with Crippen molar-refractivity contribution < 1.29 is 4.79 Å². The number of carbonyl (C=O) groups is 1. The van der Waals surface area contributed by atoms with Gasteiger partial charge in [0.15, 0.2) is 5.78 Å². The van der Waals surface area contributed by atoms with Crippen LogP contribution in [-0.4, -0.2) is 60.6 Å². The van der Waals surface area contributed by atoms with Crippen LogP contribution < -0.4 is 0 Å². The van der Waals surface area contributed by atoms with Gasteiger partial charge in [0.1, 0.15) is 0 Å². The molecule has 0 amide bonds. The lowest BCUT2D eigenvalue weighted by molar-refractivity contribution is 0.0991. The first-order valence-corrected chi connectivity index (χ1v) is 11.5. The Morgan fingerprint density at radius 2 is 1.85 bits per heavy atom. The van der Waals surface area contributed by atoms with E-state index < -0.39 is 0 Å². The third-order valence-electron chi connectivity index (χ3n) is 6.43. The quantitative estimate of drug-likeness (QED) is 0.420. The fourth-order valence-electron chi connectivity index (χ4n) is 4.33. The van der Waals surface area contributed by atoms with E-state index in [0.717, 1.165) is 48.0 Å². The van der Waals surface area contributed by atoms with Gasteiger partial charge in [-0.05, 0) is 70.6 Å².